The van der Waals surface area contributed by atoms with Crippen LogP contribution in [0.15, 0.2) is 11.1 Å². The Morgan fingerprint density at radius 3 is 2.78 bits per heavy atom. The standard InChI is InChI=1S/C19H29FN6O/c1-3-12-6-4-5-7-16(12)26(2)19-15(20)10-14(17(23)27)18(25-19)24-13(11-22)8-9-21/h10-12,16,22H,3-9,21H2,1-2H3,(H2,23,27). The van der Waals surface area contributed by atoms with Crippen LogP contribution in [0.4, 0.5) is 16.0 Å². The Morgan fingerprint density at radius 2 is 2.19 bits per heavy atom. The summed E-state index contributed by atoms with van der Waals surface area (Å²) >= 11 is 0. The lowest BCUT2D eigenvalue weighted by molar-refractivity contribution is 0.1000. The van der Waals surface area contributed by atoms with E-state index in [1.54, 1.807) is 0 Å². The number of rotatable bonds is 8. The van der Waals surface area contributed by atoms with E-state index in [9.17, 15) is 9.18 Å². The first-order valence-electron chi connectivity index (χ1n) is 9.44. The van der Waals surface area contributed by atoms with E-state index >= 15 is 0 Å². The van der Waals surface area contributed by atoms with Crippen molar-refractivity contribution in [2.45, 2.75) is 51.5 Å². The third kappa shape index (κ3) is 4.88. The fourth-order valence-electron chi connectivity index (χ4n) is 3.76. The molecule has 2 atom stereocenters. The highest BCUT2D eigenvalue weighted by atomic mass is 19.1. The van der Waals surface area contributed by atoms with Crippen LogP contribution in [0.2, 0.25) is 0 Å². The molecule has 5 N–H and O–H groups in total. The van der Waals surface area contributed by atoms with Crippen LogP contribution in [-0.2, 0) is 0 Å². The van der Waals surface area contributed by atoms with Gasteiger partial charge in [0.1, 0.15) is 0 Å². The monoisotopic (exact) mass is 376 g/mol. The molecule has 0 spiro atoms. The molecule has 2 unspecified atom stereocenters. The van der Waals surface area contributed by atoms with E-state index in [-0.39, 0.29) is 23.2 Å². The van der Waals surface area contributed by atoms with E-state index in [0.717, 1.165) is 38.0 Å². The van der Waals surface area contributed by atoms with Crippen LogP contribution in [0.1, 0.15) is 55.8 Å². The van der Waals surface area contributed by atoms with Crippen LogP contribution in [0.25, 0.3) is 0 Å². The van der Waals surface area contributed by atoms with Crippen LogP contribution in [0.5, 0.6) is 0 Å². The number of hydrogen-bond donors (Lipinski definition) is 3. The molecule has 8 heteroatoms. The Bertz CT molecular complexity index is 720. The van der Waals surface area contributed by atoms with Gasteiger partial charge < -0.3 is 21.8 Å². The van der Waals surface area contributed by atoms with Gasteiger partial charge >= 0.3 is 0 Å². The Labute approximate surface area is 159 Å². The number of aliphatic imine (C=N–C) groups is 1. The topological polar surface area (TPSA) is 121 Å². The van der Waals surface area contributed by atoms with Crippen molar-refractivity contribution in [1.82, 2.24) is 4.98 Å². The first kappa shape index (κ1) is 21.0. The maximum atomic E-state index is 14.8. The molecule has 1 aliphatic rings. The number of hydrogen-bond acceptors (Lipinski definition) is 6. The van der Waals surface area contributed by atoms with Crippen LogP contribution >= 0.6 is 0 Å². The van der Waals surface area contributed by atoms with Gasteiger partial charge in [-0.25, -0.2) is 14.4 Å². The molecule has 0 radical (unpaired) electrons. The fraction of sp³-hybridized carbons (Fsp3) is 0.579. The normalized spacial score (nSPS) is 20.4. The number of anilines is 1. The van der Waals surface area contributed by atoms with Gasteiger partial charge in [0.05, 0.1) is 11.3 Å². The molecule has 1 heterocycles. The van der Waals surface area contributed by atoms with Crippen molar-refractivity contribution in [3.63, 3.8) is 0 Å². The summed E-state index contributed by atoms with van der Waals surface area (Å²) < 4.78 is 14.8. The molecular formula is C19H29FN6O. The molecule has 0 aromatic carbocycles. The van der Waals surface area contributed by atoms with E-state index in [2.05, 4.69) is 16.9 Å². The predicted molar refractivity (Wildman–Crippen MR) is 107 cm³/mol. The van der Waals surface area contributed by atoms with Gasteiger partial charge in [0.2, 0.25) is 0 Å². The van der Waals surface area contributed by atoms with E-state index < -0.39 is 11.7 Å². The molecule has 1 aliphatic carbocycles. The number of nitrogens with two attached hydrogens (primary N) is 2. The summed E-state index contributed by atoms with van der Waals surface area (Å²) in [4.78, 5) is 22.2. The third-order valence-electron chi connectivity index (χ3n) is 5.24. The summed E-state index contributed by atoms with van der Waals surface area (Å²) in [6.07, 6.45) is 6.82. The number of aromatic nitrogens is 1. The number of amides is 1. The first-order valence-corrected chi connectivity index (χ1v) is 9.44. The summed E-state index contributed by atoms with van der Waals surface area (Å²) in [5.74, 6) is -0.749. The van der Waals surface area contributed by atoms with E-state index in [0.29, 0.717) is 24.6 Å². The summed E-state index contributed by atoms with van der Waals surface area (Å²) in [7, 11) is 1.83. The van der Waals surface area contributed by atoms with Gasteiger partial charge in [-0.05, 0) is 31.4 Å². The predicted octanol–water partition coefficient (Wildman–Crippen LogP) is 2.80. The lowest BCUT2D eigenvalue weighted by Gasteiger charge is -2.38. The summed E-state index contributed by atoms with van der Waals surface area (Å²) in [6, 6.07) is 1.28. The number of pyridine rings is 1. The summed E-state index contributed by atoms with van der Waals surface area (Å²) in [5.41, 5.74) is 11.2. The van der Waals surface area contributed by atoms with Gasteiger partial charge in [0.25, 0.3) is 5.91 Å². The minimum Gasteiger partial charge on any atom is -0.365 e. The highest BCUT2D eigenvalue weighted by Crippen LogP contribution is 2.34. The number of primary amides is 1. The third-order valence-corrected chi connectivity index (χ3v) is 5.24. The second-order valence-corrected chi connectivity index (χ2v) is 6.95. The van der Waals surface area contributed by atoms with E-state index in [1.165, 1.54) is 6.42 Å². The van der Waals surface area contributed by atoms with Gasteiger partial charge in [-0.1, -0.05) is 26.2 Å². The van der Waals surface area contributed by atoms with Crippen molar-refractivity contribution >= 4 is 29.5 Å². The van der Waals surface area contributed by atoms with E-state index in [1.807, 2.05) is 11.9 Å². The van der Waals surface area contributed by atoms with Crippen molar-refractivity contribution in [2.24, 2.45) is 22.4 Å². The largest absolute Gasteiger partial charge is 0.365 e. The molecule has 1 aromatic rings. The fourth-order valence-corrected chi connectivity index (χ4v) is 3.76. The number of halogens is 1. The molecular weight excluding hydrogens is 347 g/mol. The zero-order valence-electron chi connectivity index (χ0n) is 16.0. The molecule has 1 amide bonds. The highest BCUT2D eigenvalue weighted by Gasteiger charge is 2.30. The zero-order valence-corrected chi connectivity index (χ0v) is 16.0. The lowest BCUT2D eigenvalue weighted by atomic mass is 9.82. The number of carbonyl (C=O) groups excluding carboxylic acids is 1. The molecule has 148 valence electrons. The first-order chi connectivity index (χ1) is 12.9. The van der Waals surface area contributed by atoms with Crippen molar-refractivity contribution in [3.05, 3.63) is 17.4 Å². The quantitative estimate of drug-likeness (QED) is 0.604. The lowest BCUT2D eigenvalue weighted by Crippen LogP contribution is -2.41. The van der Waals surface area contributed by atoms with Crippen molar-refractivity contribution in [1.29, 1.82) is 5.41 Å². The minimum atomic E-state index is -0.810. The van der Waals surface area contributed by atoms with Gasteiger partial charge in [-0.3, -0.25) is 4.79 Å². The Morgan fingerprint density at radius 1 is 1.48 bits per heavy atom. The molecule has 2 rings (SSSR count). The van der Waals surface area contributed by atoms with Crippen molar-refractivity contribution in [2.75, 3.05) is 18.5 Å². The smallest absolute Gasteiger partial charge is 0.252 e. The molecule has 1 aromatic heterocycles. The summed E-state index contributed by atoms with van der Waals surface area (Å²) in [6.45, 7) is 2.45. The minimum absolute atomic E-state index is 0.0292. The number of nitrogens with one attached hydrogen (secondary N) is 1. The second kappa shape index (κ2) is 9.55. The SMILES string of the molecule is CCC1CCCCC1N(C)c1nc(N=C(C=N)CCN)c(C(N)=O)cc1F. The van der Waals surface area contributed by atoms with E-state index in [4.69, 9.17) is 16.9 Å². The van der Waals surface area contributed by atoms with Crippen molar-refractivity contribution < 1.29 is 9.18 Å². The van der Waals surface area contributed by atoms with Crippen molar-refractivity contribution in [3.8, 4) is 0 Å². The summed E-state index contributed by atoms with van der Waals surface area (Å²) in [5, 5.41) is 7.44. The average Bonchev–Trinajstić information content (AvgIpc) is 2.67. The van der Waals surface area contributed by atoms with Gasteiger partial charge in [0, 0.05) is 25.7 Å². The molecule has 27 heavy (non-hydrogen) atoms. The van der Waals surface area contributed by atoms with Gasteiger partial charge in [-0.2, -0.15) is 0 Å². The van der Waals surface area contributed by atoms with Crippen LogP contribution in [-0.4, -0.2) is 42.5 Å². The molecule has 0 bridgehead atoms. The molecule has 7 nitrogen and oxygen atoms in total. The second-order valence-electron chi connectivity index (χ2n) is 6.95. The molecule has 1 saturated carbocycles. The Hall–Kier alpha value is -2.35. The van der Waals surface area contributed by atoms with Gasteiger partial charge in [-0.15, -0.1) is 0 Å². The maximum Gasteiger partial charge on any atom is 0.252 e. The van der Waals surface area contributed by atoms with Crippen LogP contribution in [0, 0.1) is 17.1 Å². The molecule has 1 fully saturated rings. The Kier molecular flexibility index (Phi) is 7.41. The zero-order chi connectivity index (χ0) is 20.0. The number of nitrogens with zero attached hydrogens (tertiary/aromatic N) is 3. The van der Waals surface area contributed by atoms with Crippen LogP contribution < -0.4 is 16.4 Å². The highest BCUT2D eigenvalue weighted by molar-refractivity contribution is 6.30. The maximum absolute atomic E-state index is 14.8. The average molecular weight is 376 g/mol. The van der Waals surface area contributed by atoms with Crippen LogP contribution in [0.3, 0.4) is 0 Å². The number of carbonyl (C=O) groups is 1. The Balaban J connectivity index is 2.49. The molecule has 0 saturated heterocycles. The van der Waals surface area contributed by atoms with Gasteiger partial charge in [0.15, 0.2) is 17.5 Å². The molecule has 0 aliphatic heterocycles.